The number of rotatable bonds is 6. The largest absolute Gasteiger partial charge is 0.480 e. The van der Waals surface area contributed by atoms with Crippen molar-refractivity contribution in [1.29, 1.82) is 0 Å². The van der Waals surface area contributed by atoms with Gasteiger partial charge in [0.1, 0.15) is 6.67 Å². The summed E-state index contributed by atoms with van der Waals surface area (Å²) in [6.45, 7) is 5.94. The van der Waals surface area contributed by atoms with Crippen molar-refractivity contribution in [2.45, 2.75) is 26.3 Å². The Morgan fingerprint density at radius 3 is 2.40 bits per heavy atom. The molecule has 5 heteroatoms. The second-order valence-electron chi connectivity index (χ2n) is 3.62. The number of amides is 1. The van der Waals surface area contributed by atoms with E-state index < -0.39 is 30.5 Å². The van der Waals surface area contributed by atoms with Gasteiger partial charge in [0.15, 0.2) is 6.04 Å². The van der Waals surface area contributed by atoms with Crippen LogP contribution in [0.4, 0.5) is 4.39 Å². The molecule has 2 atom stereocenters. The number of alkyl halides is 1. The van der Waals surface area contributed by atoms with Crippen molar-refractivity contribution < 1.29 is 19.1 Å². The zero-order valence-electron chi connectivity index (χ0n) is 8.92. The minimum atomic E-state index is -1.45. The van der Waals surface area contributed by atoms with Gasteiger partial charge in [-0.05, 0) is 13.3 Å². The summed E-state index contributed by atoms with van der Waals surface area (Å²) >= 11 is 0. The van der Waals surface area contributed by atoms with E-state index in [4.69, 9.17) is 5.11 Å². The van der Waals surface area contributed by atoms with Crippen LogP contribution in [0.2, 0.25) is 0 Å². The van der Waals surface area contributed by atoms with Crippen molar-refractivity contribution in [3.05, 3.63) is 12.2 Å². The van der Waals surface area contributed by atoms with Crippen LogP contribution in [0.5, 0.6) is 0 Å². The first kappa shape index (κ1) is 13.6. The Kier molecular flexibility index (Phi) is 5.59. The summed E-state index contributed by atoms with van der Waals surface area (Å²) in [5.74, 6) is -2.23. The third-order valence-corrected chi connectivity index (χ3v) is 1.87. The van der Waals surface area contributed by atoms with Crippen LogP contribution in [0.1, 0.15) is 20.3 Å². The lowest BCUT2D eigenvalue weighted by Gasteiger charge is -2.15. The number of hydrogen-bond acceptors (Lipinski definition) is 2. The number of carbonyl (C=O) groups excluding carboxylic acids is 1. The number of allylic oxidation sites excluding steroid dienone is 1. The van der Waals surface area contributed by atoms with Gasteiger partial charge < -0.3 is 10.4 Å². The van der Waals surface area contributed by atoms with E-state index in [1.54, 1.807) is 13.8 Å². The Morgan fingerprint density at radius 1 is 1.53 bits per heavy atom. The number of halogens is 1. The average Bonchev–Trinajstić information content (AvgIpc) is 2.11. The van der Waals surface area contributed by atoms with E-state index in [-0.39, 0.29) is 0 Å². The molecule has 0 aromatic rings. The first-order valence-corrected chi connectivity index (χ1v) is 4.62. The van der Waals surface area contributed by atoms with Gasteiger partial charge in [-0.1, -0.05) is 12.5 Å². The minimum Gasteiger partial charge on any atom is -0.480 e. The van der Waals surface area contributed by atoms with Gasteiger partial charge in [0, 0.05) is 5.92 Å². The molecule has 86 valence electrons. The van der Waals surface area contributed by atoms with E-state index >= 15 is 0 Å². The Hall–Kier alpha value is -1.39. The molecule has 0 bridgehead atoms. The third-order valence-electron chi connectivity index (χ3n) is 1.87. The summed E-state index contributed by atoms with van der Waals surface area (Å²) in [7, 11) is 0. The molecule has 0 rings (SSSR count). The smallest absolute Gasteiger partial charge is 0.328 e. The topological polar surface area (TPSA) is 66.4 Å². The van der Waals surface area contributed by atoms with Crippen LogP contribution in [0.3, 0.4) is 0 Å². The minimum absolute atomic E-state index is 0.393. The summed E-state index contributed by atoms with van der Waals surface area (Å²) < 4.78 is 12.2. The fraction of sp³-hybridized carbons (Fsp3) is 0.600. The maximum absolute atomic E-state index is 12.2. The molecule has 4 nitrogen and oxygen atoms in total. The molecule has 0 radical (unpaired) electrons. The van der Waals surface area contributed by atoms with Gasteiger partial charge in [0.25, 0.3) is 0 Å². The summed E-state index contributed by atoms with van der Waals surface area (Å²) in [4.78, 5) is 21.8. The van der Waals surface area contributed by atoms with Gasteiger partial charge in [-0.2, -0.15) is 0 Å². The van der Waals surface area contributed by atoms with Gasteiger partial charge >= 0.3 is 5.97 Å². The summed E-state index contributed by atoms with van der Waals surface area (Å²) in [5, 5.41) is 10.6. The molecular formula is C10H16FNO3. The SMILES string of the molecule is C=C(C)CC(C)C(=O)NC(CF)C(=O)O. The third kappa shape index (κ3) is 5.15. The molecule has 0 aromatic heterocycles. The van der Waals surface area contributed by atoms with Crippen molar-refractivity contribution >= 4 is 11.9 Å². The van der Waals surface area contributed by atoms with Crippen LogP contribution < -0.4 is 5.32 Å². The number of carboxylic acids is 1. The Balaban J connectivity index is 4.21. The molecule has 0 aliphatic heterocycles. The second-order valence-corrected chi connectivity index (χ2v) is 3.62. The maximum Gasteiger partial charge on any atom is 0.328 e. The van der Waals surface area contributed by atoms with E-state index in [0.717, 1.165) is 5.57 Å². The number of carbonyl (C=O) groups is 2. The van der Waals surface area contributed by atoms with Gasteiger partial charge in [0.2, 0.25) is 5.91 Å². The molecule has 2 N–H and O–H groups in total. The lowest BCUT2D eigenvalue weighted by Crippen LogP contribution is -2.44. The summed E-state index contributed by atoms with van der Waals surface area (Å²) in [5.41, 5.74) is 0.824. The van der Waals surface area contributed by atoms with E-state index in [1.165, 1.54) is 0 Å². The van der Waals surface area contributed by atoms with E-state index in [9.17, 15) is 14.0 Å². The highest BCUT2D eigenvalue weighted by Gasteiger charge is 2.22. The fourth-order valence-electron chi connectivity index (χ4n) is 1.10. The zero-order valence-corrected chi connectivity index (χ0v) is 8.92. The molecule has 0 heterocycles. The molecule has 0 aromatic carbocycles. The van der Waals surface area contributed by atoms with Gasteiger partial charge in [-0.25, -0.2) is 9.18 Å². The van der Waals surface area contributed by atoms with E-state index in [0.29, 0.717) is 6.42 Å². The van der Waals surface area contributed by atoms with Crippen molar-refractivity contribution in [2.75, 3.05) is 6.67 Å². The Morgan fingerprint density at radius 2 is 2.07 bits per heavy atom. The summed E-state index contributed by atoms with van der Waals surface area (Å²) in [6.07, 6.45) is 0.463. The monoisotopic (exact) mass is 217 g/mol. The number of aliphatic carboxylic acids is 1. The van der Waals surface area contributed by atoms with Crippen LogP contribution in [-0.2, 0) is 9.59 Å². The number of nitrogens with one attached hydrogen (secondary N) is 1. The zero-order chi connectivity index (χ0) is 12.0. The lowest BCUT2D eigenvalue weighted by molar-refractivity contribution is -0.142. The fourth-order valence-corrected chi connectivity index (χ4v) is 1.10. The molecule has 0 aliphatic carbocycles. The second kappa shape index (κ2) is 6.16. The van der Waals surface area contributed by atoms with Crippen LogP contribution >= 0.6 is 0 Å². The van der Waals surface area contributed by atoms with Gasteiger partial charge in [-0.15, -0.1) is 6.58 Å². The van der Waals surface area contributed by atoms with Crippen LogP contribution in [0, 0.1) is 5.92 Å². The maximum atomic E-state index is 12.2. The first-order valence-electron chi connectivity index (χ1n) is 4.62. The predicted octanol–water partition coefficient (Wildman–Crippen LogP) is 1.13. The molecule has 0 saturated carbocycles. The average molecular weight is 217 g/mol. The standard InChI is InChI=1S/C10H16FNO3/c1-6(2)4-7(3)9(13)12-8(5-11)10(14)15/h7-8H,1,4-5H2,2-3H3,(H,12,13)(H,14,15). The molecule has 2 unspecified atom stereocenters. The van der Waals surface area contributed by atoms with Gasteiger partial charge in [0.05, 0.1) is 0 Å². The molecule has 0 spiro atoms. The highest BCUT2D eigenvalue weighted by Crippen LogP contribution is 2.09. The van der Waals surface area contributed by atoms with Crippen molar-refractivity contribution in [3.8, 4) is 0 Å². The molecule has 0 fully saturated rings. The quantitative estimate of drug-likeness (QED) is 0.655. The predicted molar refractivity (Wildman–Crippen MR) is 54.1 cm³/mol. The van der Waals surface area contributed by atoms with Crippen molar-refractivity contribution in [1.82, 2.24) is 5.32 Å². The molecule has 15 heavy (non-hydrogen) atoms. The van der Waals surface area contributed by atoms with Gasteiger partial charge in [-0.3, -0.25) is 4.79 Å². The van der Waals surface area contributed by atoms with E-state index in [1.807, 2.05) is 0 Å². The molecule has 0 aliphatic rings. The molecular weight excluding hydrogens is 201 g/mol. The first-order chi connectivity index (χ1) is 6.88. The van der Waals surface area contributed by atoms with Crippen molar-refractivity contribution in [3.63, 3.8) is 0 Å². The number of carboxylic acid groups (broad SMARTS) is 1. The Bertz CT molecular complexity index is 265. The molecule has 0 saturated heterocycles. The normalized spacial score (nSPS) is 14.1. The van der Waals surface area contributed by atoms with Crippen LogP contribution in [0.15, 0.2) is 12.2 Å². The highest BCUT2D eigenvalue weighted by molar-refractivity contribution is 5.84. The highest BCUT2D eigenvalue weighted by atomic mass is 19.1. The lowest BCUT2D eigenvalue weighted by atomic mass is 10.0. The summed E-state index contributed by atoms with van der Waals surface area (Å²) in [6, 6.07) is -1.45. The Labute approximate surface area is 88.2 Å². The van der Waals surface area contributed by atoms with Crippen LogP contribution in [0.25, 0.3) is 0 Å². The number of hydrogen-bond donors (Lipinski definition) is 2. The van der Waals surface area contributed by atoms with E-state index in [2.05, 4.69) is 11.9 Å². The van der Waals surface area contributed by atoms with Crippen molar-refractivity contribution in [2.24, 2.45) is 5.92 Å². The molecule has 1 amide bonds. The van der Waals surface area contributed by atoms with Crippen LogP contribution in [-0.4, -0.2) is 29.7 Å².